The van der Waals surface area contributed by atoms with E-state index in [-0.39, 0.29) is 5.91 Å². The molecule has 4 rings (SSSR count). The Hall–Kier alpha value is -2.25. The van der Waals surface area contributed by atoms with E-state index >= 15 is 0 Å². The Labute approximate surface area is 172 Å². The van der Waals surface area contributed by atoms with Crippen LogP contribution in [-0.2, 0) is 13.1 Å². The summed E-state index contributed by atoms with van der Waals surface area (Å²) in [7, 11) is 0. The van der Waals surface area contributed by atoms with E-state index in [1.54, 1.807) is 21.2 Å². The number of amides is 1. The molecular weight excluding hydrogens is 396 g/mol. The third-order valence-electron chi connectivity index (χ3n) is 4.91. The molecule has 6 nitrogen and oxygen atoms in total. The molecule has 0 radical (unpaired) electrons. The lowest BCUT2D eigenvalue weighted by Gasteiger charge is -2.18. The second-order valence-electron chi connectivity index (χ2n) is 6.76. The lowest BCUT2D eigenvalue weighted by molar-refractivity contribution is 0.0745. The molecule has 1 aromatic carbocycles. The summed E-state index contributed by atoms with van der Waals surface area (Å²) in [5.41, 5.74) is 4.84. The number of benzene rings is 1. The number of fused-ring (bicyclic) bond motifs is 3. The minimum Gasteiger partial charge on any atom is -0.492 e. The molecular formula is C20H21ClN4O2S. The Bertz CT molecular complexity index is 1070. The van der Waals surface area contributed by atoms with Crippen molar-refractivity contribution >= 4 is 34.9 Å². The average molecular weight is 417 g/mol. The van der Waals surface area contributed by atoms with Crippen LogP contribution < -0.4 is 4.74 Å². The van der Waals surface area contributed by atoms with Crippen LogP contribution in [0.2, 0.25) is 5.02 Å². The summed E-state index contributed by atoms with van der Waals surface area (Å²) in [4.78, 5) is 19.5. The quantitative estimate of drug-likeness (QED) is 0.590. The third-order valence-corrected chi connectivity index (χ3v) is 6.03. The highest BCUT2D eigenvalue weighted by Crippen LogP contribution is 2.31. The first-order valence-corrected chi connectivity index (χ1v) is 10.8. The number of thioether (sulfide) groups is 1. The predicted octanol–water partition coefficient (Wildman–Crippen LogP) is 3.90. The van der Waals surface area contributed by atoms with Crippen molar-refractivity contribution < 1.29 is 9.53 Å². The van der Waals surface area contributed by atoms with E-state index in [2.05, 4.69) is 10.1 Å². The van der Waals surface area contributed by atoms with E-state index < -0.39 is 0 Å². The fourth-order valence-electron chi connectivity index (χ4n) is 3.43. The lowest BCUT2D eigenvalue weighted by Crippen LogP contribution is -2.26. The molecule has 3 aromatic rings. The highest BCUT2D eigenvalue weighted by molar-refractivity contribution is 7.98. The van der Waals surface area contributed by atoms with Gasteiger partial charge in [0.05, 0.1) is 47.4 Å². The van der Waals surface area contributed by atoms with E-state index in [4.69, 9.17) is 16.3 Å². The van der Waals surface area contributed by atoms with E-state index in [9.17, 15) is 4.79 Å². The molecule has 0 saturated heterocycles. The van der Waals surface area contributed by atoms with Gasteiger partial charge in [0.15, 0.2) is 5.65 Å². The van der Waals surface area contributed by atoms with E-state index in [1.807, 2.05) is 44.4 Å². The fraction of sp³-hybridized carbons (Fsp3) is 0.350. The van der Waals surface area contributed by atoms with E-state index in [1.165, 1.54) is 0 Å². The molecule has 0 N–H and O–H groups in total. The first-order valence-electron chi connectivity index (χ1n) is 9.04. The number of halogens is 1. The summed E-state index contributed by atoms with van der Waals surface area (Å²) >= 11 is 8.02. The second-order valence-corrected chi connectivity index (χ2v) is 8.12. The Balaban J connectivity index is 1.61. The van der Waals surface area contributed by atoms with Crippen molar-refractivity contribution in [2.45, 2.75) is 26.9 Å². The van der Waals surface area contributed by atoms with Crippen molar-refractivity contribution in [1.29, 1.82) is 0 Å². The van der Waals surface area contributed by atoms with Gasteiger partial charge in [-0.15, -0.1) is 0 Å². The molecule has 1 aliphatic rings. The largest absolute Gasteiger partial charge is 0.492 e. The molecule has 8 heteroatoms. The van der Waals surface area contributed by atoms with Crippen LogP contribution in [0.4, 0.5) is 0 Å². The number of ether oxygens (including phenoxy) is 1. The van der Waals surface area contributed by atoms with Gasteiger partial charge in [0.25, 0.3) is 5.91 Å². The molecule has 0 fully saturated rings. The number of nitrogens with zero attached hydrogens (tertiary/aromatic N) is 4. The molecule has 146 valence electrons. The van der Waals surface area contributed by atoms with Gasteiger partial charge in [-0.1, -0.05) is 23.7 Å². The zero-order valence-electron chi connectivity index (χ0n) is 16.0. The number of hydrogen-bond donors (Lipinski definition) is 0. The predicted molar refractivity (Wildman–Crippen MR) is 111 cm³/mol. The summed E-state index contributed by atoms with van der Waals surface area (Å²) in [6, 6.07) is 7.40. The third kappa shape index (κ3) is 3.22. The van der Waals surface area contributed by atoms with Crippen LogP contribution in [0.3, 0.4) is 0 Å². The van der Waals surface area contributed by atoms with Gasteiger partial charge in [-0.05, 0) is 32.2 Å². The molecule has 1 amide bonds. The highest BCUT2D eigenvalue weighted by Gasteiger charge is 2.31. The van der Waals surface area contributed by atoms with Gasteiger partial charge in [0, 0.05) is 11.3 Å². The number of hydrogen-bond acceptors (Lipinski definition) is 5. The van der Waals surface area contributed by atoms with Crippen LogP contribution in [0.5, 0.6) is 5.75 Å². The number of carbonyl (C=O) groups is 1. The number of aryl methyl sites for hydroxylation is 2. The maximum Gasteiger partial charge on any atom is 0.258 e. The Morgan fingerprint density at radius 2 is 2.07 bits per heavy atom. The topological polar surface area (TPSA) is 59.7 Å². The number of carbonyl (C=O) groups excluding carboxylic acids is 1. The van der Waals surface area contributed by atoms with E-state index in [0.29, 0.717) is 36.0 Å². The standard InChI is InChI=1S/C20H21ClN4O2S/c1-12-18(21)13(2)25-19(22-12)15-10-24(11-16(15)23-25)20(26)14-6-4-5-7-17(14)27-8-9-28-3/h4-7H,8-11H2,1-3H3. The van der Waals surface area contributed by atoms with Gasteiger partial charge in [-0.2, -0.15) is 16.9 Å². The van der Waals surface area contributed by atoms with Gasteiger partial charge in [0.1, 0.15) is 5.75 Å². The van der Waals surface area contributed by atoms with Gasteiger partial charge >= 0.3 is 0 Å². The molecule has 0 saturated carbocycles. The highest BCUT2D eigenvalue weighted by atomic mass is 35.5. The number of para-hydroxylation sites is 1. The lowest BCUT2D eigenvalue weighted by atomic mass is 10.1. The van der Waals surface area contributed by atoms with Crippen LogP contribution >= 0.6 is 23.4 Å². The molecule has 1 aliphatic heterocycles. The van der Waals surface area contributed by atoms with Crippen LogP contribution in [0, 0.1) is 13.8 Å². The maximum atomic E-state index is 13.2. The van der Waals surface area contributed by atoms with Crippen LogP contribution in [0.25, 0.3) is 5.65 Å². The summed E-state index contributed by atoms with van der Waals surface area (Å²) < 4.78 is 7.60. The van der Waals surface area contributed by atoms with E-state index in [0.717, 1.165) is 34.0 Å². The monoisotopic (exact) mass is 416 g/mol. The molecule has 0 aliphatic carbocycles. The van der Waals surface area contributed by atoms with Crippen molar-refractivity contribution in [3.63, 3.8) is 0 Å². The molecule has 0 unspecified atom stereocenters. The van der Waals surface area contributed by atoms with Crippen molar-refractivity contribution in [1.82, 2.24) is 19.5 Å². The molecule has 0 bridgehead atoms. The van der Waals surface area contributed by atoms with Gasteiger partial charge < -0.3 is 9.64 Å². The fourth-order valence-corrected chi connectivity index (χ4v) is 3.80. The van der Waals surface area contributed by atoms with Crippen LogP contribution in [0.1, 0.15) is 33.0 Å². The zero-order chi connectivity index (χ0) is 19.8. The van der Waals surface area contributed by atoms with Crippen LogP contribution in [0.15, 0.2) is 24.3 Å². The summed E-state index contributed by atoms with van der Waals surface area (Å²) in [6.07, 6.45) is 2.03. The van der Waals surface area contributed by atoms with Crippen molar-refractivity contribution in [2.24, 2.45) is 0 Å². The second kappa shape index (κ2) is 7.64. The number of aromatic nitrogens is 3. The minimum absolute atomic E-state index is 0.0571. The Kier molecular flexibility index (Phi) is 5.21. The maximum absolute atomic E-state index is 13.2. The van der Waals surface area contributed by atoms with Crippen LogP contribution in [-0.4, -0.2) is 44.0 Å². The Morgan fingerprint density at radius 3 is 2.86 bits per heavy atom. The van der Waals surface area contributed by atoms with Crippen molar-refractivity contribution in [3.8, 4) is 5.75 Å². The zero-order valence-corrected chi connectivity index (χ0v) is 17.6. The smallest absolute Gasteiger partial charge is 0.258 e. The minimum atomic E-state index is -0.0571. The first kappa shape index (κ1) is 19.1. The summed E-state index contributed by atoms with van der Waals surface area (Å²) in [6.45, 7) is 5.31. The number of rotatable bonds is 5. The molecule has 3 heterocycles. The van der Waals surface area contributed by atoms with Gasteiger partial charge in [-0.3, -0.25) is 4.79 Å². The first-order chi connectivity index (χ1) is 13.5. The molecule has 0 atom stereocenters. The van der Waals surface area contributed by atoms with Crippen molar-refractivity contribution in [3.05, 3.63) is 57.5 Å². The van der Waals surface area contributed by atoms with Gasteiger partial charge in [0.2, 0.25) is 0 Å². The summed E-state index contributed by atoms with van der Waals surface area (Å²) in [5, 5.41) is 5.27. The molecule has 0 spiro atoms. The normalized spacial score (nSPS) is 13.2. The summed E-state index contributed by atoms with van der Waals surface area (Å²) in [5.74, 6) is 1.44. The van der Waals surface area contributed by atoms with Gasteiger partial charge in [-0.25, -0.2) is 9.50 Å². The average Bonchev–Trinajstić information content (AvgIpc) is 3.25. The van der Waals surface area contributed by atoms with Crippen molar-refractivity contribution in [2.75, 3.05) is 18.6 Å². The SMILES string of the molecule is CSCCOc1ccccc1C(=O)N1Cc2nn3c(C)c(Cl)c(C)nc3c2C1. The molecule has 28 heavy (non-hydrogen) atoms. The Morgan fingerprint density at radius 1 is 1.29 bits per heavy atom. The molecule has 2 aromatic heterocycles.